The number of anilines is 1. The lowest BCUT2D eigenvalue weighted by molar-refractivity contribution is -0.137. The summed E-state index contributed by atoms with van der Waals surface area (Å²) >= 11 is 0. The summed E-state index contributed by atoms with van der Waals surface area (Å²) in [6, 6.07) is 8.91. The molecule has 0 aromatic heterocycles. The molecule has 0 radical (unpaired) electrons. The van der Waals surface area contributed by atoms with Crippen LogP contribution in [0.2, 0.25) is 0 Å². The molecule has 0 unspecified atom stereocenters. The van der Waals surface area contributed by atoms with E-state index in [-0.39, 0.29) is 9.79 Å². The van der Waals surface area contributed by atoms with Gasteiger partial charge in [-0.15, -0.1) is 0 Å². The molecule has 0 spiro atoms. The van der Waals surface area contributed by atoms with E-state index in [0.29, 0.717) is 5.69 Å². The van der Waals surface area contributed by atoms with Gasteiger partial charge in [0.2, 0.25) is 9.84 Å². The van der Waals surface area contributed by atoms with Crippen LogP contribution >= 0.6 is 0 Å². The zero-order valence-corrected chi connectivity index (χ0v) is 11.4. The summed E-state index contributed by atoms with van der Waals surface area (Å²) in [4.78, 5) is -0.231. The van der Waals surface area contributed by atoms with Crippen LogP contribution in [0.15, 0.2) is 58.3 Å². The summed E-state index contributed by atoms with van der Waals surface area (Å²) in [6.07, 6.45) is -4.50. The highest BCUT2D eigenvalue weighted by atomic mass is 32.2. The zero-order valence-electron chi connectivity index (χ0n) is 10.6. The molecule has 0 aliphatic rings. The molecule has 21 heavy (non-hydrogen) atoms. The molecule has 0 saturated heterocycles. The largest absolute Gasteiger partial charge is 0.416 e. The average Bonchev–Trinajstić information content (AvgIpc) is 2.46. The fraction of sp³-hybridized carbons (Fsp3) is 0.0769. The Hall–Kier alpha value is -2.06. The molecule has 2 aromatic rings. The molecule has 0 saturated carbocycles. The quantitative estimate of drug-likeness (QED) is 0.675. The molecule has 0 heterocycles. The van der Waals surface area contributed by atoms with Crippen molar-refractivity contribution in [2.24, 2.45) is 5.84 Å². The molecule has 0 fully saturated rings. The zero-order chi connectivity index (χ0) is 15.7. The van der Waals surface area contributed by atoms with Crippen molar-refractivity contribution in [3.05, 3.63) is 54.1 Å². The lowest BCUT2D eigenvalue weighted by atomic mass is 10.2. The van der Waals surface area contributed by atoms with Gasteiger partial charge in [-0.2, -0.15) is 13.2 Å². The third kappa shape index (κ3) is 3.17. The number of nitrogens with one attached hydrogen (secondary N) is 1. The first kappa shape index (κ1) is 15.3. The second kappa shape index (κ2) is 5.38. The summed E-state index contributed by atoms with van der Waals surface area (Å²) < 4.78 is 61.9. The first-order valence-electron chi connectivity index (χ1n) is 5.74. The van der Waals surface area contributed by atoms with Gasteiger partial charge in [-0.3, -0.25) is 5.84 Å². The Morgan fingerprint density at radius 1 is 0.857 bits per heavy atom. The molecule has 0 aliphatic heterocycles. The van der Waals surface area contributed by atoms with Gasteiger partial charge in [0.25, 0.3) is 0 Å². The van der Waals surface area contributed by atoms with E-state index in [2.05, 4.69) is 5.43 Å². The van der Waals surface area contributed by atoms with Gasteiger partial charge in [0.15, 0.2) is 0 Å². The average molecular weight is 316 g/mol. The minimum absolute atomic E-state index is 0.0266. The van der Waals surface area contributed by atoms with Crippen molar-refractivity contribution in [3.63, 3.8) is 0 Å². The van der Waals surface area contributed by atoms with E-state index in [9.17, 15) is 21.6 Å². The summed E-state index contributed by atoms with van der Waals surface area (Å²) in [5.41, 5.74) is 1.97. The molecular weight excluding hydrogens is 305 g/mol. The highest BCUT2D eigenvalue weighted by Crippen LogP contribution is 2.30. The van der Waals surface area contributed by atoms with E-state index < -0.39 is 21.6 Å². The van der Waals surface area contributed by atoms with Crippen molar-refractivity contribution in [2.75, 3.05) is 5.43 Å². The Morgan fingerprint density at radius 3 is 1.67 bits per heavy atom. The van der Waals surface area contributed by atoms with Gasteiger partial charge < -0.3 is 5.43 Å². The van der Waals surface area contributed by atoms with Crippen molar-refractivity contribution < 1.29 is 21.6 Å². The number of rotatable bonds is 3. The normalized spacial score (nSPS) is 12.2. The lowest BCUT2D eigenvalue weighted by Gasteiger charge is -2.09. The summed E-state index contributed by atoms with van der Waals surface area (Å²) in [5.74, 6) is 5.17. The van der Waals surface area contributed by atoms with E-state index in [1.165, 1.54) is 24.3 Å². The van der Waals surface area contributed by atoms with E-state index in [0.717, 1.165) is 24.3 Å². The molecule has 0 amide bonds. The number of sulfone groups is 1. The molecule has 4 nitrogen and oxygen atoms in total. The molecule has 112 valence electrons. The van der Waals surface area contributed by atoms with E-state index in [1.54, 1.807) is 0 Å². The Morgan fingerprint density at radius 2 is 1.29 bits per heavy atom. The second-order valence-electron chi connectivity index (χ2n) is 4.19. The molecule has 2 rings (SSSR count). The second-order valence-corrected chi connectivity index (χ2v) is 6.14. The van der Waals surface area contributed by atoms with Crippen LogP contribution in [-0.4, -0.2) is 8.42 Å². The Labute approximate surface area is 119 Å². The first-order chi connectivity index (χ1) is 9.75. The van der Waals surface area contributed by atoms with Gasteiger partial charge in [0, 0.05) is 5.69 Å². The minimum Gasteiger partial charge on any atom is -0.324 e. The Balaban J connectivity index is 2.39. The summed E-state index contributed by atoms with van der Waals surface area (Å²) in [5, 5.41) is 0. The molecule has 0 atom stereocenters. The van der Waals surface area contributed by atoms with Gasteiger partial charge in [-0.05, 0) is 48.5 Å². The number of benzene rings is 2. The van der Waals surface area contributed by atoms with Crippen molar-refractivity contribution in [3.8, 4) is 0 Å². The number of hydrazine groups is 1. The highest BCUT2D eigenvalue weighted by molar-refractivity contribution is 7.91. The number of nitrogens with two attached hydrogens (primary N) is 1. The maximum atomic E-state index is 12.5. The molecule has 8 heteroatoms. The SMILES string of the molecule is NNc1ccc(S(=O)(=O)c2ccc(C(F)(F)F)cc2)cc1. The van der Waals surface area contributed by atoms with Crippen LogP contribution in [0, 0.1) is 0 Å². The van der Waals surface area contributed by atoms with Crippen LogP contribution in [0.1, 0.15) is 5.56 Å². The standard InChI is InChI=1S/C13H11F3N2O2S/c14-13(15,16)9-1-5-11(6-2-9)21(19,20)12-7-3-10(18-17)4-8-12/h1-8,18H,17H2. The van der Waals surface area contributed by atoms with Gasteiger partial charge in [0.05, 0.1) is 15.4 Å². The lowest BCUT2D eigenvalue weighted by Crippen LogP contribution is -2.08. The number of halogens is 3. The van der Waals surface area contributed by atoms with Crippen molar-refractivity contribution in [2.45, 2.75) is 16.0 Å². The highest BCUT2D eigenvalue weighted by Gasteiger charge is 2.30. The van der Waals surface area contributed by atoms with Crippen LogP contribution in [0.5, 0.6) is 0 Å². The minimum atomic E-state index is -4.50. The van der Waals surface area contributed by atoms with Crippen molar-refractivity contribution >= 4 is 15.5 Å². The van der Waals surface area contributed by atoms with Crippen LogP contribution in [0.3, 0.4) is 0 Å². The van der Waals surface area contributed by atoms with E-state index in [4.69, 9.17) is 5.84 Å². The van der Waals surface area contributed by atoms with Gasteiger partial charge in [0.1, 0.15) is 0 Å². The predicted octanol–water partition coefficient (Wildman–Crippen LogP) is 2.82. The van der Waals surface area contributed by atoms with E-state index >= 15 is 0 Å². The fourth-order valence-corrected chi connectivity index (χ4v) is 2.95. The molecule has 0 aliphatic carbocycles. The molecule has 3 N–H and O–H groups in total. The van der Waals surface area contributed by atoms with E-state index in [1.807, 2.05) is 0 Å². The summed E-state index contributed by atoms with van der Waals surface area (Å²) in [6.45, 7) is 0. The maximum absolute atomic E-state index is 12.5. The number of hydrogen-bond acceptors (Lipinski definition) is 4. The summed E-state index contributed by atoms with van der Waals surface area (Å²) in [7, 11) is -3.86. The van der Waals surface area contributed by atoms with Crippen molar-refractivity contribution in [1.82, 2.24) is 0 Å². The number of alkyl halides is 3. The maximum Gasteiger partial charge on any atom is 0.416 e. The van der Waals surface area contributed by atoms with Crippen LogP contribution < -0.4 is 11.3 Å². The molecular formula is C13H11F3N2O2S. The van der Waals surface area contributed by atoms with Gasteiger partial charge >= 0.3 is 6.18 Å². The van der Waals surface area contributed by atoms with Crippen molar-refractivity contribution in [1.29, 1.82) is 0 Å². The van der Waals surface area contributed by atoms with Crippen LogP contribution in [0.25, 0.3) is 0 Å². The predicted molar refractivity (Wildman–Crippen MR) is 71.1 cm³/mol. The monoisotopic (exact) mass is 316 g/mol. The number of nitrogen functional groups attached to an aromatic ring is 1. The van der Waals surface area contributed by atoms with Crippen LogP contribution in [0.4, 0.5) is 18.9 Å². The van der Waals surface area contributed by atoms with Gasteiger partial charge in [-0.25, -0.2) is 8.42 Å². The third-order valence-corrected chi connectivity index (χ3v) is 4.61. The molecule has 0 bridgehead atoms. The van der Waals surface area contributed by atoms with Gasteiger partial charge in [-0.1, -0.05) is 0 Å². The fourth-order valence-electron chi connectivity index (χ4n) is 1.69. The number of hydrogen-bond donors (Lipinski definition) is 2. The van der Waals surface area contributed by atoms with Crippen LogP contribution in [-0.2, 0) is 16.0 Å². The molecule has 2 aromatic carbocycles. The third-order valence-electron chi connectivity index (χ3n) is 2.82. The smallest absolute Gasteiger partial charge is 0.324 e. The first-order valence-corrected chi connectivity index (χ1v) is 7.22. The topological polar surface area (TPSA) is 72.2 Å². The Kier molecular flexibility index (Phi) is 3.93. The Bertz CT molecular complexity index is 724.